The summed E-state index contributed by atoms with van der Waals surface area (Å²) in [5, 5.41) is 27.7. The van der Waals surface area contributed by atoms with Crippen LogP contribution >= 0.6 is 23.2 Å². The summed E-state index contributed by atoms with van der Waals surface area (Å²) in [4.78, 5) is 24.0. The van der Waals surface area contributed by atoms with E-state index in [-0.39, 0.29) is 23.6 Å². The second-order valence-corrected chi connectivity index (χ2v) is 8.92. The molecule has 0 spiro atoms. The highest BCUT2D eigenvalue weighted by Crippen LogP contribution is 2.31. The fourth-order valence-electron chi connectivity index (χ4n) is 3.73. The number of halogens is 2. The summed E-state index contributed by atoms with van der Waals surface area (Å²) in [7, 11) is 0. The summed E-state index contributed by atoms with van der Waals surface area (Å²) in [6.45, 7) is -0.00865. The number of nitrogens with zero attached hydrogens (tertiary/aromatic N) is 2. The Morgan fingerprint density at radius 3 is 2.08 bits per heavy atom. The van der Waals surface area contributed by atoms with Gasteiger partial charge in [0.25, 0.3) is 11.6 Å². The number of nitrogens with one attached hydrogen (secondary N) is 1. The van der Waals surface area contributed by atoms with Crippen molar-refractivity contribution in [3.05, 3.63) is 139 Å². The summed E-state index contributed by atoms with van der Waals surface area (Å²) in [6, 6.07) is 25.9. The molecule has 4 rings (SSSR count). The third-order valence-electron chi connectivity index (χ3n) is 5.72. The maximum absolute atomic E-state index is 13.3. The van der Waals surface area contributed by atoms with E-state index in [0.29, 0.717) is 26.7 Å². The molecule has 0 saturated carbocycles. The van der Waals surface area contributed by atoms with Gasteiger partial charge in [0.1, 0.15) is 12.4 Å². The number of hydrogen-bond donors (Lipinski definition) is 2. The molecular formula is C28H21Cl2N3O5. The maximum Gasteiger partial charge on any atom is 0.281 e. The van der Waals surface area contributed by atoms with E-state index in [2.05, 4.69) is 10.5 Å². The van der Waals surface area contributed by atoms with E-state index in [1.165, 1.54) is 24.4 Å². The van der Waals surface area contributed by atoms with Crippen molar-refractivity contribution in [2.24, 2.45) is 5.10 Å². The highest BCUT2D eigenvalue weighted by molar-refractivity contribution is 6.35. The molecule has 4 aromatic carbocycles. The van der Waals surface area contributed by atoms with Gasteiger partial charge in [-0.25, -0.2) is 5.43 Å². The number of rotatable bonds is 9. The third-order valence-corrected chi connectivity index (χ3v) is 6.43. The first-order valence-electron chi connectivity index (χ1n) is 11.3. The standard InChI is InChI=1S/C28H21Cl2N3O5/c29-24-12-7-13-25(30)23(24)18-38-26-15-14-22(33(36)37)16-19(26)17-31-32-27(34)28(35,20-8-3-1-4-9-20)21-10-5-2-6-11-21/h1-17,35H,18H2,(H,32,34)/b31-17+. The van der Waals surface area contributed by atoms with Crippen LogP contribution in [0.1, 0.15) is 22.3 Å². The van der Waals surface area contributed by atoms with Crippen molar-refractivity contribution in [2.45, 2.75) is 12.2 Å². The zero-order valence-corrected chi connectivity index (χ0v) is 21.3. The van der Waals surface area contributed by atoms with Crippen LogP contribution in [0, 0.1) is 10.1 Å². The van der Waals surface area contributed by atoms with Crippen LogP contribution in [0.15, 0.2) is 102 Å². The molecule has 2 N–H and O–H groups in total. The number of ether oxygens (including phenoxy) is 1. The molecule has 0 aliphatic heterocycles. The number of carbonyl (C=O) groups is 1. The van der Waals surface area contributed by atoms with Gasteiger partial charge in [-0.2, -0.15) is 5.10 Å². The topological polar surface area (TPSA) is 114 Å². The Hall–Kier alpha value is -4.24. The molecule has 1 amide bonds. The molecular weight excluding hydrogens is 529 g/mol. The first kappa shape index (κ1) is 26.8. The molecule has 10 heteroatoms. The molecule has 0 unspecified atom stereocenters. The van der Waals surface area contributed by atoms with Gasteiger partial charge in [-0.1, -0.05) is 89.9 Å². The summed E-state index contributed by atoms with van der Waals surface area (Å²) in [6.07, 6.45) is 1.20. The van der Waals surface area contributed by atoms with E-state index >= 15 is 0 Å². The number of non-ortho nitro benzene ring substituents is 1. The molecule has 0 bridgehead atoms. The lowest BCUT2D eigenvalue weighted by Crippen LogP contribution is -2.43. The predicted molar refractivity (Wildman–Crippen MR) is 146 cm³/mol. The Kier molecular flexibility index (Phi) is 8.38. The van der Waals surface area contributed by atoms with E-state index in [1.807, 2.05) is 0 Å². The highest BCUT2D eigenvalue weighted by atomic mass is 35.5. The summed E-state index contributed by atoms with van der Waals surface area (Å²) < 4.78 is 5.84. The van der Waals surface area contributed by atoms with Crippen molar-refractivity contribution in [3.63, 3.8) is 0 Å². The second-order valence-electron chi connectivity index (χ2n) is 8.11. The van der Waals surface area contributed by atoms with Gasteiger partial charge < -0.3 is 9.84 Å². The van der Waals surface area contributed by atoms with Crippen LogP contribution in [0.2, 0.25) is 10.0 Å². The quantitative estimate of drug-likeness (QED) is 0.154. The van der Waals surface area contributed by atoms with E-state index in [1.54, 1.807) is 78.9 Å². The van der Waals surface area contributed by atoms with Gasteiger partial charge >= 0.3 is 0 Å². The number of nitro groups is 1. The van der Waals surface area contributed by atoms with Crippen LogP contribution in [0.3, 0.4) is 0 Å². The summed E-state index contributed by atoms with van der Waals surface area (Å²) in [5.41, 5.74) is 1.55. The van der Waals surface area contributed by atoms with E-state index in [0.717, 1.165) is 0 Å². The van der Waals surface area contributed by atoms with Crippen molar-refractivity contribution >= 4 is 41.0 Å². The molecule has 8 nitrogen and oxygen atoms in total. The van der Waals surface area contributed by atoms with Crippen LogP contribution in [0.25, 0.3) is 0 Å². The van der Waals surface area contributed by atoms with Crippen LogP contribution in [-0.2, 0) is 17.0 Å². The minimum atomic E-state index is -2.04. The average Bonchev–Trinajstić information content (AvgIpc) is 2.93. The Balaban J connectivity index is 1.61. The van der Waals surface area contributed by atoms with Gasteiger partial charge in [-0.15, -0.1) is 0 Å². The Morgan fingerprint density at radius 1 is 0.947 bits per heavy atom. The van der Waals surface area contributed by atoms with Crippen molar-refractivity contribution in [3.8, 4) is 5.75 Å². The zero-order valence-electron chi connectivity index (χ0n) is 19.8. The smallest absolute Gasteiger partial charge is 0.281 e. The van der Waals surface area contributed by atoms with Crippen LogP contribution in [-0.4, -0.2) is 22.2 Å². The van der Waals surface area contributed by atoms with Crippen molar-refractivity contribution in [2.75, 3.05) is 0 Å². The number of hydrogen-bond acceptors (Lipinski definition) is 6. The number of aliphatic hydroxyl groups is 1. The normalized spacial score (nSPS) is 11.3. The van der Waals surface area contributed by atoms with Gasteiger partial charge in [-0.3, -0.25) is 14.9 Å². The molecule has 0 aliphatic rings. The van der Waals surface area contributed by atoms with Crippen LogP contribution in [0.4, 0.5) is 5.69 Å². The molecule has 192 valence electrons. The fourth-order valence-corrected chi connectivity index (χ4v) is 4.24. The largest absolute Gasteiger partial charge is 0.488 e. The summed E-state index contributed by atoms with van der Waals surface area (Å²) in [5.74, 6) is -0.576. The lowest BCUT2D eigenvalue weighted by atomic mass is 9.85. The molecule has 0 fully saturated rings. The molecule has 0 saturated heterocycles. The van der Waals surface area contributed by atoms with Gasteiger partial charge in [0.05, 0.1) is 11.1 Å². The summed E-state index contributed by atoms with van der Waals surface area (Å²) >= 11 is 12.4. The number of carbonyl (C=O) groups excluding carboxylic acids is 1. The van der Waals surface area contributed by atoms with Crippen molar-refractivity contribution in [1.82, 2.24) is 5.43 Å². The lowest BCUT2D eigenvalue weighted by molar-refractivity contribution is -0.384. The van der Waals surface area contributed by atoms with Gasteiger partial charge in [0, 0.05) is 33.3 Å². The average molecular weight is 550 g/mol. The van der Waals surface area contributed by atoms with Gasteiger partial charge in [-0.05, 0) is 29.3 Å². The van der Waals surface area contributed by atoms with Gasteiger partial charge in [0.2, 0.25) is 0 Å². The monoisotopic (exact) mass is 549 g/mol. The molecule has 0 atom stereocenters. The van der Waals surface area contributed by atoms with Crippen molar-refractivity contribution < 1.29 is 19.6 Å². The van der Waals surface area contributed by atoms with Crippen LogP contribution in [0.5, 0.6) is 5.75 Å². The number of benzene rings is 4. The van der Waals surface area contributed by atoms with Crippen LogP contribution < -0.4 is 10.2 Å². The van der Waals surface area contributed by atoms with E-state index in [4.69, 9.17) is 27.9 Å². The number of nitro benzene ring substituents is 1. The Labute approximate surface area is 228 Å². The molecule has 0 aliphatic carbocycles. The lowest BCUT2D eigenvalue weighted by Gasteiger charge is -2.27. The molecule has 38 heavy (non-hydrogen) atoms. The molecule has 0 heterocycles. The first-order chi connectivity index (χ1) is 18.3. The molecule has 4 aromatic rings. The maximum atomic E-state index is 13.3. The SMILES string of the molecule is O=C(N/N=C/c1cc([N+](=O)[O-])ccc1OCc1c(Cl)cccc1Cl)C(O)(c1ccccc1)c1ccccc1. The minimum Gasteiger partial charge on any atom is -0.488 e. The third kappa shape index (κ3) is 5.84. The predicted octanol–water partition coefficient (Wildman–Crippen LogP) is 5.87. The minimum absolute atomic E-state index is 0.00865. The Morgan fingerprint density at radius 2 is 1.53 bits per heavy atom. The molecule has 0 aromatic heterocycles. The van der Waals surface area contributed by atoms with Crippen molar-refractivity contribution in [1.29, 1.82) is 0 Å². The fraction of sp³-hybridized carbons (Fsp3) is 0.0714. The number of amides is 1. The Bertz CT molecular complexity index is 1420. The van der Waals surface area contributed by atoms with E-state index < -0.39 is 16.4 Å². The number of hydrazone groups is 1. The zero-order chi connectivity index (χ0) is 27.1. The first-order valence-corrected chi connectivity index (χ1v) is 12.1. The second kappa shape index (κ2) is 11.9. The molecule has 0 radical (unpaired) electrons. The highest BCUT2D eigenvalue weighted by Gasteiger charge is 2.39. The van der Waals surface area contributed by atoms with E-state index in [9.17, 15) is 20.0 Å². The van der Waals surface area contributed by atoms with Gasteiger partial charge in [0.15, 0.2) is 5.60 Å².